The van der Waals surface area contributed by atoms with E-state index >= 15 is 0 Å². The highest BCUT2D eigenvalue weighted by Gasteiger charge is 2.44. The van der Waals surface area contributed by atoms with Gasteiger partial charge in [-0.3, -0.25) is 4.79 Å². The molecule has 2 atom stereocenters. The molecule has 17 heavy (non-hydrogen) atoms. The van der Waals surface area contributed by atoms with Crippen molar-refractivity contribution in [3.05, 3.63) is 11.6 Å². The van der Waals surface area contributed by atoms with Crippen molar-refractivity contribution >= 4 is 5.91 Å². The van der Waals surface area contributed by atoms with Gasteiger partial charge in [0, 0.05) is 13.7 Å². The summed E-state index contributed by atoms with van der Waals surface area (Å²) in [5, 5.41) is 0. The molecular weight excluding hydrogens is 218 g/mol. The topological polar surface area (TPSA) is 38.8 Å². The molecular formula is C13H21NO3. The summed E-state index contributed by atoms with van der Waals surface area (Å²) in [7, 11) is 1.68. The minimum absolute atomic E-state index is 0.0864. The third-order valence-electron chi connectivity index (χ3n) is 3.92. The molecule has 96 valence electrons. The number of carbonyl (C=O) groups is 1. The molecule has 2 heterocycles. The number of rotatable bonds is 3. The maximum Gasteiger partial charge on any atom is 0.259 e. The van der Waals surface area contributed by atoms with Crippen molar-refractivity contribution in [2.75, 3.05) is 26.9 Å². The molecule has 1 fully saturated rings. The van der Waals surface area contributed by atoms with Gasteiger partial charge in [0.25, 0.3) is 5.91 Å². The maximum atomic E-state index is 12.6. The van der Waals surface area contributed by atoms with E-state index in [-0.39, 0.29) is 11.9 Å². The molecule has 0 aromatic carbocycles. The Bertz CT molecular complexity index is 340. The Kier molecular flexibility index (Phi) is 3.54. The fourth-order valence-electron chi connectivity index (χ4n) is 2.62. The van der Waals surface area contributed by atoms with Crippen LogP contribution in [-0.4, -0.2) is 49.3 Å². The lowest BCUT2D eigenvalue weighted by Crippen LogP contribution is -2.50. The van der Waals surface area contributed by atoms with Gasteiger partial charge in [0.1, 0.15) is 0 Å². The zero-order valence-corrected chi connectivity index (χ0v) is 10.9. The van der Waals surface area contributed by atoms with E-state index < -0.39 is 5.60 Å². The monoisotopic (exact) mass is 239 g/mol. The van der Waals surface area contributed by atoms with Crippen LogP contribution in [0.3, 0.4) is 0 Å². The third kappa shape index (κ3) is 2.11. The molecule has 0 saturated carbocycles. The van der Waals surface area contributed by atoms with Crippen LogP contribution in [0.25, 0.3) is 0 Å². The average Bonchev–Trinajstić information content (AvgIpc) is 2.88. The van der Waals surface area contributed by atoms with E-state index in [1.165, 1.54) is 0 Å². The highest BCUT2D eigenvalue weighted by Crippen LogP contribution is 2.31. The lowest BCUT2D eigenvalue weighted by atomic mass is 9.96. The average molecular weight is 239 g/mol. The fraction of sp³-hybridized carbons (Fsp3) is 0.769. The van der Waals surface area contributed by atoms with Crippen molar-refractivity contribution in [2.45, 2.75) is 38.3 Å². The molecule has 2 rings (SSSR count). The fourth-order valence-corrected chi connectivity index (χ4v) is 2.62. The lowest BCUT2D eigenvalue weighted by Gasteiger charge is -2.33. The molecule has 0 bridgehead atoms. The Morgan fingerprint density at radius 3 is 3.06 bits per heavy atom. The summed E-state index contributed by atoms with van der Waals surface area (Å²) in [4.78, 5) is 14.5. The predicted octanol–water partition coefficient (Wildman–Crippen LogP) is 1.36. The zero-order valence-electron chi connectivity index (χ0n) is 10.9. The van der Waals surface area contributed by atoms with Crippen molar-refractivity contribution in [3.8, 4) is 0 Å². The van der Waals surface area contributed by atoms with E-state index in [1.54, 1.807) is 7.11 Å². The first-order chi connectivity index (χ1) is 8.09. The van der Waals surface area contributed by atoms with Gasteiger partial charge in [-0.05, 0) is 32.3 Å². The summed E-state index contributed by atoms with van der Waals surface area (Å²) in [6.07, 6.45) is 4.07. The zero-order chi connectivity index (χ0) is 12.5. The molecule has 2 aliphatic heterocycles. The second-order valence-electron chi connectivity index (χ2n) is 4.98. The van der Waals surface area contributed by atoms with Gasteiger partial charge in [-0.25, -0.2) is 0 Å². The summed E-state index contributed by atoms with van der Waals surface area (Å²) in [5.74, 6) is 0.0864. The first-order valence-electron chi connectivity index (χ1n) is 6.21. The van der Waals surface area contributed by atoms with E-state index in [0.29, 0.717) is 13.2 Å². The van der Waals surface area contributed by atoms with Crippen molar-refractivity contribution in [1.29, 1.82) is 0 Å². The molecule has 4 nitrogen and oxygen atoms in total. The Labute approximate surface area is 103 Å². The second kappa shape index (κ2) is 4.78. The lowest BCUT2D eigenvalue weighted by molar-refractivity contribution is -0.150. The smallest absolute Gasteiger partial charge is 0.259 e. The Morgan fingerprint density at radius 1 is 1.71 bits per heavy atom. The summed E-state index contributed by atoms with van der Waals surface area (Å²) in [5.41, 5.74) is 0.265. The molecule has 1 amide bonds. The van der Waals surface area contributed by atoms with Crippen LogP contribution in [0.5, 0.6) is 0 Å². The number of likely N-dealkylation sites (tertiary alicyclic amines) is 1. The van der Waals surface area contributed by atoms with Gasteiger partial charge in [-0.2, -0.15) is 0 Å². The Morgan fingerprint density at radius 2 is 2.47 bits per heavy atom. The first kappa shape index (κ1) is 12.6. The largest absolute Gasteiger partial charge is 0.383 e. The van der Waals surface area contributed by atoms with Crippen LogP contribution in [0.4, 0.5) is 0 Å². The number of ether oxygens (including phenoxy) is 2. The number of hydrogen-bond acceptors (Lipinski definition) is 3. The van der Waals surface area contributed by atoms with Gasteiger partial charge in [-0.1, -0.05) is 6.08 Å². The summed E-state index contributed by atoms with van der Waals surface area (Å²) in [6.45, 7) is 5.81. The van der Waals surface area contributed by atoms with E-state index in [2.05, 4.69) is 0 Å². The van der Waals surface area contributed by atoms with Crippen LogP contribution in [0, 0.1) is 0 Å². The van der Waals surface area contributed by atoms with Crippen LogP contribution >= 0.6 is 0 Å². The number of hydrogen-bond donors (Lipinski definition) is 0. The molecule has 0 N–H and O–H groups in total. The summed E-state index contributed by atoms with van der Waals surface area (Å²) < 4.78 is 10.8. The summed E-state index contributed by atoms with van der Waals surface area (Å²) >= 11 is 0. The van der Waals surface area contributed by atoms with Crippen molar-refractivity contribution in [1.82, 2.24) is 4.90 Å². The van der Waals surface area contributed by atoms with E-state index in [1.807, 2.05) is 24.8 Å². The van der Waals surface area contributed by atoms with Crippen molar-refractivity contribution < 1.29 is 14.3 Å². The molecule has 0 aromatic heterocycles. The quantitative estimate of drug-likeness (QED) is 0.698. The van der Waals surface area contributed by atoms with E-state index in [4.69, 9.17) is 9.47 Å². The minimum atomic E-state index is -0.754. The van der Waals surface area contributed by atoms with Gasteiger partial charge >= 0.3 is 0 Å². The summed E-state index contributed by atoms with van der Waals surface area (Å²) in [6, 6.07) is 0.210. The molecule has 0 radical (unpaired) electrons. The van der Waals surface area contributed by atoms with Gasteiger partial charge in [0.2, 0.25) is 0 Å². The molecule has 4 heteroatoms. The number of amides is 1. The second-order valence-corrected chi connectivity index (χ2v) is 4.98. The highest BCUT2D eigenvalue weighted by molar-refractivity contribution is 5.89. The number of nitrogens with zero attached hydrogens (tertiary/aromatic N) is 1. The number of carbonyl (C=O) groups excluding carboxylic acids is 1. The van der Waals surface area contributed by atoms with Gasteiger partial charge < -0.3 is 14.4 Å². The molecule has 1 saturated heterocycles. The third-order valence-corrected chi connectivity index (χ3v) is 3.92. The number of methoxy groups -OCH3 is 1. The van der Waals surface area contributed by atoms with Crippen molar-refractivity contribution in [2.24, 2.45) is 0 Å². The SMILES string of the molecule is COC[C@@H]1CCCN1C(=O)[C@]1(C)OCC=C1C. The van der Waals surface area contributed by atoms with Crippen molar-refractivity contribution in [3.63, 3.8) is 0 Å². The van der Waals surface area contributed by atoms with Crippen LogP contribution in [0.15, 0.2) is 11.6 Å². The minimum Gasteiger partial charge on any atom is -0.383 e. The molecule has 0 spiro atoms. The molecule has 2 aliphatic rings. The van der Waals surface area contributed by atoms with E-state index in [9.17, 15) is 4.79 Å². The van der Waals surface area contributed by atoms with Gasteiger partial charge in [0.05, 0.1) is 19.3 Å². The maximum absolute atomic E-state index is 12.6. The Hall–Kier alpha value is -0.870. The van der Waals surface area contributed by atoms with Crippen LogP contribution in [0.2, 0.25) is 0 Å². The predicted molar refractivity (Wildman–Crippen MR) is 64.7 cm³/mol. The first-order valence-corrected chi connectivity index (χ1v) is 6.21. The van der Waals surface area contributed by atoms with Crippen LogP contribution < -0.4 is 0 Å². The van der Waals surface area contributed by atoms with Gasteiger partial charge in [0.15, 0.2) is 5.60 Å². The normalized spacial score (nSPS) is 33.0. The van der Waals surface area contributed by atoms with Gasteiger partial charge in [-0.15, -0.1) is 0 Å². The van der Waals surface area contributed by atoms with E-state index in [0.717, 1.165) is 25.0 Å². The highest BCUT2D eigenvalue weighted by atomic mass is 16.5. The molecule has 0 aliphatic carbocycles. The molecule has 0 unspecified atom stereocenters. The van der Waals surface area contributed by atoms with Crippen LogP contribution in [0.1, 0.15) is 26.7 Å². The molecule has 0 aromatic rings. The Balaban J connectivity index is 2.12. The standard InChI is InChI=1S/C13H21NO3/c1-10-6-8-17-13(10,2)12(15)14-7-4-5-11(14)9-16-3/h6,11H,4-5,7-9H2,1-3H3/t11-,13+/m0/s1. The van der Waals surface area contributed by atoms with Crippen LogP contribution in [-0.2, 0) is 14.3 Å².